The highest BCUT2D eigenvalue weighted by molar-refractivity contribution is 7.57. The molecule has 6 unspecified atom stereocenters. The van der Waals surface area contributed by atoms with E-state index in [1.165, 1.54) is 0 Å². The molecule has 1 heterocycles. The van der Waals surface area contributed by atoms with E-state index in [0.717, 1.165) is 12.5 Å². The monoisotopic (exact) mass is 348 g/mol. The summed E-state index contributed by atoms with van der Waals surface area (Å²) >= 11 is 36.9. The van der Waals surface area contributed by atoms with Crippen molar-refractivity contribution in [1.82, 2.24) is 0 Å². The molecule has 0 aromatic carbocycles. The van der Waals surface area contributed by atoms with E-state index in [1.54, 1.807) is 0 Å². The summed E-state index contributed by atoms with van der Waals surface area (Å²) in [4.78, 5) is 0. The van der Waals surface area contributed by atoms with Crippen molar-refractivity contribution in [2.24, 2.45) is 0 Å². The summed E-state index contributed by atoms with van der Waals surface area (Å²) in [5.74, 6) is 0. The molecule has 0 saturated carbocycles. The minimum Gasteiger partial charge on any atom is -0.174 e. The molecule has 84 valence electrons. The Morgan fingerprint density at radius 2 is 1.50 bits per heavy atom. The number of hydrogen-bond acceptors (Lipinski definition) is 0. The van der Waals surface area contributed by atoms with Gasteiger partial charge in [0.05, 0.1) is 21.1 Å². The van der Waals surface area contributed by atoms with E-state index in [-0.39, 0.29) is 21.1 Å². The van der Waals surface area contributed by atoms with Crippen molar-refractivity contribution >= 4 is 83.8 Å². The first-order valence-corrected chi connectivity index (χ1v) is 13.7. The van der Waals surface area contributed by atoms with Crippen molar-refractivity contribution in [2.45, 2.75) is 33.6 Å². The largest absolute Gasteiger partial charge is 0.174 e. The van der Waals surface area contributed by atoms with E-state index in [1.807, 2.05) is 0 Å². The van der Waals surface area contributed by atoms with E-state index in [2.05, 4.69) is 0 Å². The van der Waals surface area contributed by atoms with Crippen LogP contribution in [0.15, 0.2) is 0 Å². The molecule has 0 N–H and O–H groups in total. The summed E-state index contributed by atoms with van der Waals surface area (Å²) < 4.78 is 0. The number of halogens is 6. The van der Waals surface area contributed by atoms with Crippen LogP contribution in [0.25, 0.3) is 0 Å². The van der Waals surface area contributed by atoms with Crippen LogP contribution in [0.5, 0.6) is 0 Å². The molecule has 0 spiro atoms. The van der Waals surface area contributed by atoms with Gasteiger partial charge in [0.2, 0.25) is 0 Å². The lowest BCUT2D eigenvalue weighted by Gasteiger charge is -2.31. The second-order valence-electron chi connectivity index (χ2n) is 3.39. The zero-order valence-electron chi connectivity index (χ0n) is 7.15. The molecule has 0 radical (unpaired) electrons. The van der Waals surface area contributed by atoms with Gasteiger partial charge < -0.3 is 0 Å². The molecule has 0 aromatic heterocycles. The molecule has 0 aliphatic carbocycles. The van der Waals surface area contributed by atoms with Crippen molar-refractivity contribution in [1.29, 1.82) is 0 Å². The van der Waals surface area contributed by atoms with Gasteiger partial charge in [0.1, 0.15) is 7.62 Å². The van der Waals surface area contributed by atoms with Crippen molar-refractivity contribution in [3.05, 3.63) is 0 Å². The summed E-state index contributed by atoms with van der Waals surface area (Å²) in [7, 11) is -3.02. The number of alkyl halides is 4. The molecule has 1 fully saturated rings. The zero-order chi connectivity index (χ0) is 10.9. The molecule has 0 nitrogen and oxygen atoms in total. The Kier molecular flexibility index (Phi) is 6.30. The fourth-order valence-electron chi connectivity index (χ4n) is 1.39. The van der Waals surface area contributed by atoms with Gasteiger partial charge >= 0.3 is 0 Å². The Morgan fingerprint density at radius 1 is 0.929 bits per heavy atom. The van der Waals surface area contributed by atoms with Gasteiger partial charge in [0.25, 0.3) is 0 Å². The highest BCUT2D eigenvalue weighted by atomic mass is 35.6. The molecular formula is C6H10Cl6Si2. The summed E-state index contributed by atoms with van der Waals surface area (Å²) in [6.45, 7) is 0. The third kappa shape index (κ3) is 3.33. The van der Waals surface area contributed by atoms with Crippen molar-refractivity contribution in [3.63, 3.8) is 0 Å². The predicted molar refractivity (Wildman–Crippen MR) is 74.0 cm³/mol. The fourth-order valence-corrected chi connectivity index (χ4v) is 15.0. The van der Waals surface area contributed by atoms with Gasteiger partial charge in [0, 0.05) is 0 Å². The average Bonchev–Trinajstić information content (AvgIpc) is 2.19. The molecule has 0 bridgehead atoms. The van der Waals surface area contributed by atoms with E-state index < -0.39 is 15.2 Å². The lowest BCUT2D eigenvalue weighted by molar-refractivity contribution is 0.708. The Labute approximate surface area is 117 Å². The zero-order valence-corrected chi connectivity index (χ0v) is 14.0. The van der Waals surface area contributed by atoms with Crippen LogP contribution < -0.4 is 0 Å². The van der Waals surface area contributed by atoms with Crippen LogP contribution in [0.1, 0.15) is 6.42 Å². The van der Waals surface area contributed by atoms with Crippen LogP contribution >= 0.6 is 68.6 Å². The Morgan fingerprint density at radius 3 is 2.07 bits per heavy atom. The molecule has 1 aliphatic heterocycles. The topological polar surface area (TPSA) is 0 Å². The van der Waals surface area contributed by atoms with Crippen molar-refractivity contribution < 1.29 is 0 Å². The highest BCUT2D eigenvalue weighted by Gasteiger charge is 2.41. The Balaban J connectivity index is 2.75. The summed E-state index contributed by atoms with van der Waals surface area (Å²) in [5, 5.41) is -1.07. The second kappa shape index (κ2) is 6.20. The molecule has 1 saturated heterocycles. The normalized spacial score (nSPS) is 51.0. The molecule has 1 aliphatic rings. The van der Waals surface area contributed by atoms with Gasteiger partial charge in [-0.05, 0) is 12.5 Å². The van der Waals surface area contributed by atoms with E-state index in [4.69, 9.17) is 68.6 Å². The molecular weight excluding hydrogens is 341 g/mol. The number of hydrogen-bond donors (Lipinski definition) is 0. The van der Waals surface area contributed by atoms with Gasteiger partial charge in [-0.1, -0.05) is 0 Å². The van der Waals surface area contributed by atoms with E-state index in [9.17, 15) is 0 Å². The first-order valence-electron chi connectivity index (χ1n) is 4.29. The Hall–Kier alpha value is 2.17. The minimum atomic E-state index is -1.61. The maximum absolute atomic E-state index is 6.25. The maximum Gasteiger partial charge on any atom is 0.166 e. The second-order valence-corrected chi connectivity index (χ2v) is 19.4. The number of rotatable bonds is 0. The molecule has 1 rings (SSSR count). The summed E-state index contributed by atoms with van der Waals surface area (Å²) in [6, 6.07) is 0.909. The van der Waals surface area contributed by atoms with Crippen LogP contribution in [0.3, 0.4) is 0 Å². The van der Waals surface area contributed by atoms with Crippen LogP contribution in [0.2, 0.25) is 6.04 Å². The molecule has 14 heavy (non-hydrogen) atoms. The smallest absolute Gasteiger partial charge is 0.166 e. The van der Waals surface area contributed by atoms with Gasteiger partial charge in [-0.25, -0.2) is 0 Å². The van der Waals surface area contributed by atoms with Crippen LogP contribution in [-0.4, -0.2) is 36.4 Å². The molecule has 6 atom stereocenters. The minimum absolute atomic E-state index is 0.146. The van der Waals surface area contributed by atoms with Crippen LogP contribution in [0, 0.1) is 0 Å². The SMILES string of the molecule is ClC1CC[SiH](Cl)[SiH](Cl)C(Cl)C(Cl)C1Cl. The molecule has 0 amide bonds. The quantitative estimate of drug-likeness (QED) is 0.357. The lowest BCUT2D eigenvalue weighted by Crippen LogP contribution is -2.47. The third-order valence-corrected chi connectivity index (χ3v) is 21.5. The lowest BCUT2D eigenvalue weighted by atomic mass is 10.2. The average molecular weight is 351 g/mol. The first kappa shape index (κ1) is 14.2. The molecule has 0 aromatic rings. The van der Waals surface area contributed by atoms with Gasteiger partial charge in [0.15, 0.2) is 7.62 Å². The van der Waals surface area contributed by atoms with Crippen LogP contribution in [0.4, 0.5) is 0 Å². The summed E-state index contributed by atoms with van der Waals surface area (Å²) in [5.41, 5.74) is 0. The van der Waals surface area contributed by atoms with Gasteiger partial charge in [-0.3, -0.25) is 0 Å². The van der Waals surface area contributed by atoms with Crippen LogP contribution in [-0.2, 0) is 0 Å². The third-order valence-electron chi connectivity index (χ3n) is 2.32. The standard InChI is InChI=1S/C6H10Cl6Si2/c7-3-1-2-13(11)14(12)6(10)5(9)4(3)8/h3-6,13-14H,1-2H2. The van der Waals surface area contributed by atoms with Gasteiger partial charge in [-0.2, -0.15) is 22.2 Å². The maximum atomic E-state index is 6.25. The summed E-state index contributed by atoms with van der Waals surface area (Å²) in [6.07, 6.45) is 0.805. The molecule has 8 heteroatoms. The Bertz CT molecular complexity index is 173. The predicted octanol–water partition coefficient (Wildman–Crippen LogP) is 3.36. The first-order chi connectivity index (χ1) is 6.45. The fraction of sp³-hybridized carbons (Fsp3) is 1.00. The van der Waals surface area contributed by atoms with Crippen molar-refractivity contribution in [2.75, 3.05) is 0 Å². The van der Waals surface area contributed by atoms with E-state index >= 15 is 0 Å². The van der Waals surface area contributed by atoms with E-state index in [0.29, 0.717) is 0 Å². The van der Waals surface area contributed by atoms with Gasteiger partial charge in [-0.15, -0.1) is 46.4 Å². The highest BCUT2D eigenvalue weighted by Crippen LogP contribution is 2.33. The van der Waals surface area contributed by atoms with Crippen molar-refractivity contribution in [3.8, 4) is 0 Å².